The number of nitrogens with zero attached hydrogens (tertiary/aromatic N) is 3. The van der Waals surface area contributed by atoms with Crippen molar-refractivity contribution in [3.05, 3.63) is 47.4 Å². The summed E-state index contributed by atoms with van der Waals surface area (Å²) in [6, 6.07) is 8.96. The van der Waals surface area contributed by atoms with Gasteiger partial charge in [0.1, 0.15) is 5.76 Å². The molecule has 0 unspecified atom stereocenters. The highest BCUT2D eigenvalue weighted by molar-refractivity contribution is 7.99. The van der Waals surface area contributed by atoms with Crippen LogP contribution in [0.3, 0.4) is 0 Å². The van der Waals surface area contributed by atoms with Crippen LogP contribution in [0.2, 0.25) is 5.02 Å². The molecule has 0 radical (unpaired) electrons. The third-order valence-corrected chi connectivity index (χ3v) is 4.76. The summed E-state index contributed by atoms with van der Waals surface area (Å²) < 4.78 is 7.13. The maximum atomic E-state index is 12.1. The van der Waals surface area contributed by atoms with Gasteiger partial charge in [-0.1, -0.05) is 35.5 Å². The summed E-state index contributed by atoms with van der Waals surface area (Å²) in [5.74, 6) is 1.53. The average Bonchev–Trinajstić information content (AvgIpc) is 3.13. The molecule has 24 heavy (non-hydrogen) atoms. The number of benzene rings is 1. The van der Waals surface area contributed by atoms with E-state index in [4.69, 9.17) is 16.0 Å². The number of carbonyl (C=O) groups excluding carboxylic acids is 1. The first-order valence-corrected chi connectivity index (χ1v) is 8.53. The van der Waals surface area contributed by atoms with Gasteiger partial charge in [0.15, 0.2) is 11.0 Å². The first kappa shape index (κ1) is 16.6. The van der Waals surface area contributed by atoms with Crippen molar-refractivity contribution in [3.63, 3.8) is 0 Å². The summed E-state index contributed by atoms with van der Waals surface area (Å²) in [4.78, 5) is 12.1. The quantitative estimate of drug-likeness (QED) is 0.699. The molecule has 0 aliphatic heterocycles. The molecule has 8 heteroatoms. The van der Waals surface area contributed by atoms with E-state index in [1.165, 1.54) is 11.8 Å². The number of hydrogen-bond acceptors (Lipinski definition) is 5. The molecule has 0 aliphatic rings. The molecule has 0 saturated carbocycles. The Labute approximate surface area is 148 Å². The van der Waals surface area contributed by atoms with Crippen molar-refractivity contribution in [3.8, 4) is 11.4 Å². The lowest BCUT2D eigenvalue weighted by Crippen LogP contribution is -2.14. The molecule has 0 atom stereocenters. The minimum absolute atomic E-state index is 0.155. The number of anilines is 1. The lowest BCUT2D eigenvalue weighted by atomic mass is 10.2. The first-order valence-electron chi connectivity index (χ1n) is 7.17. The van der Waals surface area contributed by atoms with Gasteiger partial charge in [-0.25, -0.2) is 0 Å². The van der Waals surface area contributed by atoms with Crippen LogP contribution in [-0.2, 0) is 11.8 Å². The molecule has 0 spiro atoms. The van der Waals surface area contributed by atoms with Crippen molar-refractivity contribution in [1.82, 2.24) is 14.8 Å². The summed E-state index contributed by atoms with van der Waals surface area (Å²) in [5, 5.41) is 12.3. The molecule has 0 saturated heterocycles. The Morgan fingerprint density at radius 1 is 1.33 bits per heavy atom. The maximum absolute atomic E-state index is 12.1. The number of halogens is 1. The van der Waals surface area contributed by atoms with Gasteiger partial charge in [-0.15, -0.1) is 10.2 Å². The van der Waals surface area contributed by atoms with Gasteiger partial charge in [-0.2, -0.15) is 0 Å². The minimum atomic E-state index is -0.155. The number of nitrogens with one attached hydrogen (secondary N) is 1. The highest BCUT2D eigenvalue weighted by atomic mass is 35.5. The zero-order valence-electron chi connectivity index (χ0n) is 13.1. The molecule has 2 heterocycles. The fourth-order valence-corrected chi connectivity index (χ4v) is 3.07. The Morgan fingerprint density at radius 3 is 2.83 bits per heavy atom. The molecule has 1 amide bonds. The van der Waals surface area contributed by atoms with Crippen LogP contribution >= 0.6 is 23.4 Å². The van der Waals surface area contributed by atoms with E-state index < -0.39 is 0 Å². The van der Waals surface area contributed by atoms with Gasteiger partial charge in [0.2, 0.25) is 5.91 Å². The molecule has 1 aromatic carbocycles. The van der Waals surface area contributed by atoms with Gasteiger partial charge in [-0.05, 0) is 25.1 Å². The van der Waals surface area contributed by atoms with Gasteiger partial charge >= 0.3 is 0 Å². The van der Waals surface area contributed by atoms with Crippen molar-refractivity contribution in [1.29, 1.82) is 0 Å². The van der Waals surface area contributed by atoms with E-state index in [9.17, 15) is 4.79 Å². The van der Waals surface area contributed by atoms with Gasteiger partial charge in [0, 0.05) is 7.05 Å². The average molecular weight is 363 g/mol. The number of aromatic nitrogens is 3. The number of thioether (sulfide) groups is 1. The minimum Gasteiger partial charge on any atom is -0.469 e. The zero-order valence-corrected chi connectivity index (χ0v) is 14.7. The Hall–Kier alpha value is -2.25. The Morgan fingerprint density at radius 2 is 2.12 bits per heavy atom. The molecule has 1 N–H and O–H groups in total. The van der Waals surface area contributed by atoms with Crippen molar-refractivity contribution in [2.75, 3.05) is 11.1 Å². The molecule has 3 aromatic rings. The first-order chi connectivity index (χ1) is 11.6. The summed E-state index contributed by atoms with van der Waals surface area (Å²) in [6.07, 6.45) is 1.61. The number of amides is 1. The molecule has 124 valence electrons. The van der Waals surface area contributed by atoms with Crippen LogP contribution in [0.4, 0.5) is 5.69 Å². The summed E-state index contributed by atoms with van der Waals surface area (Å²) in [7, 11) is 1.86. The van der Waals surface area contributed by atoms with E-state index in [0.29, 0.717) is 21.7 Å². The fraction of sp³-hybridized carbons (Fsp3) is 0.188. The lowest BCUT2D eigenvalue weighted by molar-refractivity contribution is -0.113. The monoisotopic (exact) mass is 362 g/mol. The number of para-hydroxylation sites is 1. The molecule has 3 rings (SSSR count). The van der Waals surface area contributed by atoms with E-state index in [2.05, 4.69) is 15.5 Å². The Kier molecular flexibility index (Phi) is 4.92. The SMILES string of the molecule is Cc1occc1-c1nnc(SCC(=O)Nc2ccccc2Cl)n1C. The van der Waals surface area contributed by atoms with Crippen LogP contribution in [-0.4, -0.2) is 26.4 Å². The number of carbonyl (C=O) groups is 1. The van der Waals surface area contributed by atoms with Gasteiger partial charge < -0.3 is 14.3 Å². The fourth-order valence-electron chi connectivity index (χ4n) is 2.17. The Bertz CT molecular complexity index is 875. The van der Waals surface area contributed by atoms with Crippen LogP contribution in [0, 0.1) is 6.92 Å². The van der Waals surface area contributed by atoms with Crippen molar-refractivity contribution in [2.24, 2.45) is 7.05 Å². The molecular formula is C16H15ClN4O2S. The van der Waals surface area contributed by atoms with Crippen LogP contribution in [0.5, 0.6) is 0 Å². The number of aryl methyl sites for hydroxylation is 1. The molecule has 0 fully saturated rings. The molecule has 0 aliphatic carbocycles. The second-order valence-electron chi connectivity index (χ2n) is 5.07. The maximum Gasteiger partial charge on any atom is 0.234 e. The van der Waals surface area contributed by atoms with Gasteiger partial charge in [0.05, 0.1) is 28.3 Å². The summed E-state index contributed by atoms with van der Waals surface area (Å²) >= 11 is 7.34. The van der Waals surface area contributed by atoms with Gasteiger partial charge in [-0.3, -0.25) is 4.79 Å². The van der Waals surface area contributed by atoms with E-state index in [0.717, 1.165) is 11.3 Å². The van der Waals surface area contributed by atoms with E-state index >= 15 is 0 Å². The summed E-state index contributed by atoms with van der Waals surface area (Å²) in [6.45, 7) is 1.87. The smallest absolute Gasteiger partial charge is 0.234 e. The zero-order chi connectivity index (χ0) is 17.1. The lowest BCUT2D eigenvalue weighted by Gasteiger charge is -2.06. The highest BCUT2D eigenvalue weighted by Crippen LogP contribution is 2.26. The largest absolute Gasteiger partial charge is 0.469 e. The molecular weight excluding hydrogens is 348 g/mol. The highest BCUT2D eigenvalue weighted by Gasteiger charge is 2.16. The Balaban J connectivity index is 1.65. The van der Waals surface area contributed by atoms with Crippen LogP contribution in [0.1, 0.15) is 5.76 Å². The normalized spacial score (nSPS) is 10.8. The van der Waals surface area contributed by atoms with Crippen LogP contribution in [0.25, 0.3) is 11.4 Å². The molecule has 0 bridgehead atoms. The summed E-state index contributed by atoms with van der Waals surface area (Å²) in [5.41, 5.74) is 1.48. The van der Waals surface area contributed by atoms with E-state index in [-0.39, 0.29) is 11.7 Å². The number of rotatable bonds is 5. The van der Waals surface area contributed by atoms with Gasteiger partial charge in [0.25, 0.3) is 0 Å². The van der Waals surface area contributed by atoms with Crippen LogP contribution < -0.4 is 5.32 Å². The predicted molar refractivity (Wildman–Crippen MR) is 94.2 cm³/mol. The predicted octanol–water partition coefficient (Wildman–Crippen LogP) is 3.77. The number of hydrogen-bond donors (Lipinski definition) is 1. The molecule has 2 aromatic heterocycles. The van der Waals surface area contributed by atoms with Crippen molar-refractivity contribution in [2.45, 2.75) is 12.1 Å². The third kappa shape index (κ3) is 3.47. The van der Waals surface area contributed by atoms with Crippen molar-refractivity contribution >= 4 is 35.0 Å². The second kappa shape index (κ2) is 7.11. The molecule has 6 nitrogen and oxygen atoms in total. The van der Waals surface area contributed by atoms with E-state index in [1.807, 2.05) is 36.7 Å². The standard InChI is InChI=1S/C16H15ClN4O2S/c1-10-11(7-8-23-10)15-19-20-16(21(15)2)24-9-14(22)18-13-6-4-3-5-12(13)17/h3-8H,9H2,1-2H3,(H,18,22). The topological polar surface area (TPSA) is 72.9 Å². The van der Waals surface area contributed by atoms with Crippen molar-refractivity contribution < 1.29 is 9.21 Å². The van der Waals surface area contributed by atoms with Crippen LogP contribution in [0.15, 0.2) is 46.2 Å². The van der Waals surface area contributed by atoms with E-state index in [1.54, 1.807) is 18.4 Å². The number of furan rings is 1. The third-order valence-electron chi connectivity index (χ3n) is 3.41. The second-order valence-corrected chi connectivity index (χ2v) is 6.42.